The van der Waals surface area contributed by atoms with Crippen molar-refractivity contribution in [2.75, 3.05) is 4.90 Å². The normalized spacial score (nSPS) is 13.5. The van der Waals surface area contributed by atoms with Crippen LogP contribution in [0.5, 0.6) is 0 Å². The predicted molar refractivity (Wildman–Crippen MR) is 188 cm³/mol. The van der Waals surface area contributed by atoms with Gasteiger partial charge in [-0.3, -0.25) is 4.90 Å². The summed E-state index contributed by atoms with van der Waals surface area (Å²) in [5.74, 6) is 2.44. The topological polar surface area (TPSA) is 42.2 Å². The number of aromatic nitrogens is 2. The molecule has 9 rings (SSSR count). The van der Waals surface area contributed by atoms with Gasteiger partial charge in [-0.2, -0.15) is 0 Å². The molecule has 0 amide bonds. The van der Waals surface area contributed by atoms with Crippen molar-refractivity contribution in [2.45, 2.75) is 12.8 Å². The monoisotopic (exact) mass is 591 g/mol. The van der Waals surface area contributed by atoms with Gasteiger partial charge in [0.15, 0.2) is 5.82 Å². The largest absolute Gasteiger partial charge is 0.455 e. The molecule has 0 atom stereocenters. The van der Waals surface area contributed by atoms with Crippen molar-refractivity contribution in [3.05, 3.63) is 158 Å². The fourth-order valence-electron chi connectivity index (χ4n) is 6.71. The number of anilines is 3. The van der Waals surface area contributed by atoms with E-state index in [1.165, 1.54) is 11.1 Å². The van der Waals surface area contributed by atoms with E-state index in [4.69, 9.17) is 14.4 Å². The van der Waals surface area contributed by atoms with Crippen LogP contribution in [0.1, 0.15) is 18.7 Å². The first-order valence-electron chi connectivity index (χ1n) is 15.7. The number of benzene rings is 5. The Morgan fingerprint density at radius 2 is 1.28 bits per heavy atom. The van der Waals surface area contributed by atoms with Crippen molar-refractivity contribution < 1.29 is 4.42 Å². The van der Waals surface area contributed by atoms with E-state index < -0.39 is 0 Å². The average Bonchev–Trinajstić information content (AvgIpc) is 3.47. The second kappa shape index (κ2) is 10.9. The van der Waals surface area contributed by atoms with Crippen LogP contribution in [0.2, 0.25) is 0 Å². The minimum absolute atomic E-state index is 0.755. The lowest BCUT2D eigenvalue weighted by Gasteiger charge is -2.27. The third-order valence-corrected chi connectivity index (χ3v) is 8.93. The highest BCUT2D eigenvalue weighted by Crippen LogP contribution is 2.53. The van der Waals surface area contributed by atoms with E-state index in [0.29, 0.717) is 0 Å². The number of rotatable bonds is 4. The summed E-state index contributed by atoms with van der Waals surface area (Å²) in [4.78, 5) is 12.8. The van der Waals surface area contributed by atoms with Gasteiger partial charge in [-0.05, 0) is 53.8 Å². The van der Waals surface area contributed by atoms with Crippen molar-refractivity contribution in [1.82, 2.24) is 9.97 Å². The van der Waals surface area contributed by atoms with Gasteiger partial charge in [0.2, 0.25) is 0 Å². The summed E-state index contributed by atoms with van der Waals surface area (Å²) in [7, 11) is 0. The van der Waals surface area contributed by atoms with Crippen molar-refractivity contribution in [2.24, 2.45) is 0 Å². The van der Waals surface area contributed by atoms with E-state index in [2.05, 4.69) is 138 Å². The summed E-state index contributed by atoms with van der Waals surface area (Å²) < 4.78 is 6.62. The van der Waals surface area contributed by atoms with Crippen LogP contribution in [-0.2, 0) is 0 Å². The van der Waals surface area contributed by atoms with Crippen molar-refractivity contribution in [1.29, 1.82) is 0 Å². The zero-order valence-electron chi connectivity index (χ0n) is 25.1. The number of fused-ring (bicyclic) bond motifs is 7. The van der Waals surface area contributed by atoms with Crippen LogP contribution in [0.25, 0.3) is 61.4 Å². The van der Waals surface area contributed by atoms with E-state index >= 15 is 0 Å². The minimum atomic E-state index is 0.755. The van der Waals surface area contributed by atoms with Crippen molar-refractivity contribution >= 4 is 33.7 Å². The summed E-state index contributed by atoms with van der Waals surface area (Å²) in [6.07, 6.45) is 8.34. The Morgan fingerprint density at radius 3 is 2.09 bits per heavy atom. The fraction of sp³-hybridized carbons (Fsp3) is 0.0476. The minimum Gasteiger partial charge on any atom is -0.455 e. The zero-order chi connectivity index (χ0) is 30.5. The molecule has 3 heterocycles. The molecular weight excluding hydrogens is 562 g/mol. The number of furan rings is 1. The maximum atomic E-state index is 6.62. The van der Waals surface area contributed by atoms with Gasteiger partial charge in [0.1, 0.15) is 17.2 Å². The van der Waals surface area contributed by atoms with Gasteiger partial charge in [0, 0.05) is 33.7 Å². The molecule has 2 aliphatic rings. The summed E-state index contributed by atoms with van der Waals surface area (Å²) in [6, 6.07) is 46.6. The maximum absolute atomic E-state index is 6.62. The van der Waals surface area contributed by atoms with Crippen molar-refractivity contribution in [3.63, 3.8) is 0 Å². The van der Waals surface area contributed by atoms with E-state index in [1.54, 1.807) is 0 Å². The first-order valence-corrected chi connectivity index (χ1v) is 15.7. The molecule has 0 saturated carbocycles. The predicted octanol–water partition coefficient (Wildman–Crippen LogP) is 11.4. The van der Waals surface area contributed by atoms with Gasteiger partial charge in [-0.25, -0.2) is 9.97 Å². The summed E-state index contributed by atoms with van der Waals surface area (Å²) >= 11 is 0. The lowest BCUT2D eigenvalue weighted by molar-refractivity contribution is 0.633. The Hall–Kier alpha value is -6.00. The van der Waals surface area contributed by atoms with Crippen LogP contribution < -0.4 is 4.90 Å². The van der Waals surface area contributed by atoms with Gasteiger partial charge in [-0.15, -0.1) is 0 Å². The lowest BCUT2D eigenvalue weighted by Crippen LogP contribution is -2.14. The molecule has 0 unspecified atom stereocenters. The first kappa shape index (κ1) is 26.4. The van der Waals surface area contributed by atoms with E-state index in [9.17, 15) is 0 Å². The van der Waals surface area contributed by atoms with Gasteiger partial charge in [-0.1, -0.05) is 121 Å². The molecule has 5 aromatic carbocycles. The van der Waals surface area contributed by atoms with Gasteiger partial charge in [0.25, 0.3) is 0 Å². The quantitative estimate of drug-likeness (QED) is 0.204. The fourth-order valence-corrected chi connectivity index (χ4v) is 6.71. The lowest BCUT2D eigenvalue weighted by atomic mass is 9.98. The first-order chi connectivity index (χ1) is 22.8. The number of nitrogens with zero attached hydrogens (tertiary/aromatic N) is 3. The van der Waals surface area contributed by atoms with Crippen molar-refractivity contribution in [3.8, 4) is 44.8 Å². The molecule has 0 saturated heterocycles. The van der Waals surface area contributed by atoms with E-state index in [0.717, 1.165) is 86.1 Å². The molecule has 2 aromatic heterocycles. The highest BCUT2D eigenvalue weighted by molar-refractivity contribution is 6.10. The third kappa shape index (κ3) is 4.38. The Labute approximate surface area is 267 Å². The summed E-state index contributed by atoms with van der Waals surface area (Å²) in [5.41, 5.74) is 11.6. The van der Waals surface area contributed by atoms with Gasteiger partial charge >= 0.3 is 0 Å². The second-order valence-electron chi connectivity index (χ2n) is 11.7. The SMILES string of the molecule is C1=CCCC(c2nc(-c3ccc(-c4ccccc4)cc3)cc(N3c4ccccc4-c4oc5ccccc5c4-c4ccccc43)n2)=C1. The number of hydrogen-bond donors (Lipinski definition) is 0. The molecular formula is C42H29N3O. The highest BCUT2D eigenvalue weighted by atomic mass is 16.3. The Balaban J connectivity index is 1.27. The Kier molecular flexibility index (Phi) is 6.24. The van der Waals surface area contributed by atoms with Gasteiger partial charge < -0.3 is 4.42 Å². The van der Waals surface area contributed by atoms with E-state index in [-0.39, 0.29) is 0 Å². The average molecular weight is 592 g/mol. The molecule has 0 bridgehead atoms. The highest BCUT2D eigenvalue weighted by Gasteiger charge is 2.31. The molecule has 0 radical (unpaired) electrons. The molecule has 218 valence electrons. The molecule has 4 nitrogen and oxygen atoms in total. The standard InChI is InChI=1S/C42H29N3O/c1-3-13-28(14-4-1)29-23-25-30(26-24-29)35-27-39(44-42(43-35)31-15-5-2-6-16-31)45-36-20-10-7-17-32(36)40-34-19-9-12-22-38(34)46-41(40)33-18-8-11-21-37(33)45/h1-5,7-15,17-27H,6,16H2. The summed E-state index contributed by atoms with van der Waals surface area (Å²) in [6.45, 7) is 0. The molecule has 0 N–H and O–H groups in total. The van der Waals surface area contributed by atoms with Crippen LogP contribution in [0.4, 0.5) is 17.2 Å². The van der Waals surface area contributed by atoms with Crippen LogP contribution in [0.15, 0.2) is 156 Å². The third-order valence-electron chi connectivity index (χ3n) is 8.93. The molecule has 7 aromatic rings. The number of allylic oxidation sites excluding steroid dienone is 4. The molecule has 1 aliphatic carbocycles. The number of para-hydroxylation sites is 3. The Morgan fingerprint density at radius 1 is 0.609 bits per heavy atom. The summed E-state index contributed by atoms with van der Waals surface area (Å²) in [5, 5.41) is 1.10. The van der Waals surface area contributed by atoms with Crippen LogP contribution in [0.3, 0.4) is 0 Å². The molecule has 0 fully saturated rings. The zero-order valence-corrected chi connectivity index (χ0v) is 25.1. The van der Waals surface area contributed by atoms with E-state index in [1.807, 2.05) is 18.2 Å². The maximum Gasteiger partial charge on any atom is 0.158 e. The van der Waals surface area contributed by atoms with Crippen LogP contribution in [0, 0.1) is 0 Å². The van der Waals surface area contributed by atoms with Gasteiger partial charge in [0.05, 0.1) is 17.1 Å². The number of hydrogen-bond acceptors (Lipinski definition) is 4. The molecule has 1 aliphatic heterocycles. The Bertz CT molecular complexity index is 2310. The van der Waals surface area contributed by atoms with Crippen LogP contribution >= 0.6 is 0 Å². The van der Waals surface area contributed by atoms with Crippen LogP contribution in [-0.4, -0.2) is 9.97 Å². The molecule has 46 heavy (non-hydrogen) atoms. The second-order valence-corrected chi connectivity index (χ2v) is 11.7. The smallest absolute Gasteiger partial charge is 0.158 e. The molecule has 0 spiro atoms. The molecule has 4 heteroatoms.